The zero-order chi connectivity index (χ0) is 18.8. The van der Waals surface area contributed by atoms with Crippen LogP contribution in [0.15, 0.2) is 94.7 Å². The quantitative estimate of drug-likeness (QED) is 0.668. The first kappa shape index (κ1) is 18.1. The van der Waals surface area contributed by atoms with Crippen LogP contribution in [0, 0.1) is 5.82 Å². The molecule has 0 N–H and O–H groups in total. The molecule has 8 heteroatoms. The van der Waals surface area contributed by atoms with Gasteiger partial charge in [0.2, 0.25) is 0 Å². The molecule has 0 saturated carbocycles. The highest BCUT2D eigenvalue weighted by Crippen LogP contribution is 2.32. The van der Waals surface area contributed by atoms with E-state index in [1.165, 1.54) is 60.7 Å². The molecule has 26 heavy (non-hydrogen) atoms. The van der Waals surface area contributed by atoms with Gasteiger partial charge in [0.25, 0.3) is 20.0 Å². The van der Waals surface area contributed by atoms with Crippen LogP contribution in [0.2, 0.25) is 0 Å². The molecule has 3 rings (SSSR count). The van der Waals surface area contributed by atoms with E-state index < -0.39 is 31.6 Å². The molecule has 0 fully saturated rings. The Morgan fingerprint density at radius 1 is 0.577 bits per heavy atom. The molecule has 0 aliphatic rings. The molecule has 0 atom stereocenters. The third-order valence-electron chi connectivity index (χ3n) is 3.57. The summed E-state index contributed by atoms with van der Waals surface area (Å²) in [6.45, 7) is 0. The highest BCUT2D eigenvalue weighted by atomic mass is 32.3. The molecule has 0 spiro atoms. The van der Waals surface area contributed by atoms with Crippen molar-refractivity contribution in [3.05, 3.63) is 90.7 Å². The van der Waals surface area contributed by atoms with Gasteiger partial charge in [0.1, 0.15) is 11.5 Å². The fourth-order valence-electron chi connectivity index (χ4n) is 2.36. The van der Waals surface area contributed by atoms with Crippen molar-refractivity contribution in [2.24, 2.45) is 0 Å². The molecule has 3 aromatic rings. The molecule has 0 unspecified atom stereocenters. The Labute approximate surface area is 151 Å². The van der Waals surface area contributed by atoms with Gasteiger partial charge in [0.05, 0.1) is 9.79 Å². The van der Waals surface area contributed by atoms with Crippen molar-refractivity contribution in [1.82, 2.24) is 0 Å². The van der Waals surface area contributed by atoms with Crippen LogP contribution in [0.3, 0.4) is 0 Å². The van der Waals surface area contributed by atoms with Crippen LogP contribution in [0.5, 0.6) is 0 Å². The second kappa shape index (κ2) is 6.89. The highest BCUT2D eigenvalue weighted by Gasteiger charge is 2.38. The lowest BCUT2D eigenvalue weighted by molar-refractivity contribution is 0.579. The summed E-state index contributed by atoms with van der Waals surface area (Å²) in [5.74, 6) is -0.966. The van der Waals surface area contributed by atoms with Crippen LogP contribution < -0.4 is 3.71 Å². The van der Waals surface area contributed by atoms with Crippen LogP contribution in [0.25, 0.3) is 0 Å². The van der Waals surface area contributed by atoms with Gasteiger partial charge in [-0.2, -0.15) is 3.71 Å². The second-order valence-corrected chi connectivity index (χ2v) is 9.09. The molecule has 0 aromatic heterocycles. The summed E-state index contributed by atoms with van der Waals surface area (Å²) in [5.41, 5.74) is -0.569. The molecule has 5 nitrogen and oxygen atoms in total. The number of benzene rings is 3. The second-order valence-electron chi connectivity index (χ2n) is 5.28. The maximum atomic E-state index is 14.4. The summed E-state index contributed by atoms with van der Waals surface area (Å²) in [7, 11) is -9.15. The maximum absolute atomic E-state index is 14.4. The Kier molecular flexibility index (Phi) is 4.80. The van der Waals surface area contributed by atoms with E-state index in [1.54, 1.807) is 12.1 Å². The number of sulfonamides is 2. The topological polar surface area (TPSA) is 71.5 Å². The third-order valence-corrected chi connectivity index (χ3v) is 7.75. The van der Waals surface area contributed by atoms with E-state index in [0.717, 1.165) is 12.1 Å². The summed E-state index contributed by atoms with van der Waals surface area (Å²) in [6, 6.07) is 18.9. The Morgan fingerprint density at radius 3 is 1.38 bits per heavy atom. The van der Waals surface area contributed by atoms with Gasteiger partial charge in [-0.15, -0.1) is 0 Å². The number of rotatable bonds is 5. The predicted molar refractivity (Wildman–Crippen MR) is 96.1 cm³/mol. The van der Waals surface area contributed by atoms with Crippen LogP contribution >= 0.6 is 0 Å². The Bertz CT molecular complexity index is 1050. The van der Waals surface area contributed by atoms with E-state index in [1.807, 2.05) is 0 Å². The molecule has 0 saturated heterocycles. The molecule has 0 heterocycles. The number of hydrogen-bond donors (Lipinski definition) is 0. The van der Waals surface area contributed by atoms with Gasteiger partial charge < -0.3 is 0 Å². The van der Waals surface area contributed by atoms with Gasteiger partial charge >= 0.3 is 0 Å². The summed E-state index contributed by atoms with van der Waals surface area (Å²) >= 11 is 0. The SMILES string of the molecule is O=S(=O)(c1ccccc1)N(c1ccccc1F)S(=O)(=O)c1ccccc1. The number of para-hydroxylation sites is 1. The molecule has 3 aromatic carbocycles. The number of halogens is 1. The summed E-state index contributed by atoms with van der Waals surface area (Å²) < 4.78 is 66.8. The Balaban J connectivity index is 2.31. The van der Waals surface area contributed by atoms with E-state index in [4.69, 9.17) is 0 Å². The van der Waals surface area contributed by atoms with E-state index in [2.05, 4.69) is 0 Å². The first-order valence-corrected chi connectivity index (χ1v) is 10.4. The fourth-order valence-corrected chi connectivity index (χ4v) is 6.11. The van der Waals surface area contributed by atoms with Crippen molar-refractivity contribution < 1.29 is 21.2 Å². The minimum Gasteiger partial charge on any atom is -0.205 e. The zero-order valence-corrected chi connectivity index (χ0v) is 15.0. The van der Waals surface area contributed by atoms with Crippen LogP contribution in [-0.4, -0.2) is 16.8 Å². The van der Waals surface area contributed by atoms with E-state index in [0.29, 0.717) is 0 Å². The predicted octanol–water partition coefficient (Wildman–Crippen LogP) is 3.41. The zero-order valence-electron chi connectivity index (χ0n) is 13.4. The minimum atomic E-state index is -4.58. The van der Waals surface area contributed by atoms with Crippen molar-refractivity contribution in [3.63, 3.8) is 0 Å². The molecule has 0 bridgehead atoms. The number of anilines is 1. The first-order chi connectivity index (χ1) is 12.3. The van der Waals surface area contributed by atoms with E-state index >= 15 is 0 Å². The van der Waals surface area contributed by atoms with Crippen molar-refractivity contribution in [2.75, 3.05) is 3.71 Å². The molecule has 0 aliphatic carbocycles. The molecule has 0 aliphatic heterocycles. The largest absolute Gasteiger partial charge is 0.277 e. The van der Waals surface area contributed by atoms with Crippen LogP contribution in [-0.2, 0) is 20.0 Å². The van der Waals surface area contributed by atoms with Gasteiger partial charge in [-0.05, 0) is 36.4 Å². The van der Waals surface area contributed by atoms with Gasteiger partial charge in [0, 0.05) is 0 Å². The fraction of sp³-hybridized carbons (Fsp3) is 0. The van der Waals surface area contributed by atoms with Crippen molar-refractivity contribution in [1.29, 1.82) is 0 Å². The molecule has 0 radical (unpaired) electrons. The standard InChI is InChI=1S/C18H14FNO4S2/c19-17-13-7-8-14-18(17)20(25(21,22)15-9-3-1-4-10-15)26(23,24)16-11-5-2-6-12-16/h1-14H. The average molecular weight is 391 g/mol. The van der Waals surface area contributed by atoms with Crippen LogP contribution in [0.1, 0.15) is 0 Å². The minimum absolute atomic E-state index is 0.139. The Morgan fingerprint density at radius 2 is 0.962 bits per heavy atom. The summed E-state index contributed by atoms with van der Waals surface area (Å²) in [5, 5.41) is 0. The molecule has 0 amide bonds. The number of nitrogens with zero attached hydrogens (tertiary/aromatic N) is 1. The van der Waals surface area contributed by atoms with E-state index in [-0.39, 0.29) is 13.5 Å². The van der Waals surface area contributed by atoms with Gasteiger partial charge in [-0.3, -0.25) is 0 Å². The third kappa shape index (κ3) is 3.21. The first-order valence-electron chi connectivity index (χ1n) is 7.50. The summed E-state index contributed by atoms with van der Waals surface area (Å²) in [6.07, 6.45) is 0. The number of hydrogen-bond acceptors (Lipinski definition) is 4. The van der Waals surface area contributed by atoms with Gasteiger partial charge in [0.15, 0.2) is 0 Å². The van der Waals surface area contributed by atoms with Crippen molar-refractivity contribution in [2.45, 2.75) is 9.79 Å². The lowest BCUT2D eigenvalue weighted by atomic mass is 10.3. The Hall–Kier alpha value is -2.71. The lowest BCUT2D eigenvalue weighted by Gasteiger charge is -2.24. The smallest absolute Gasteiger partial charge is 0.205 e. The summed E-state index contributed by atoms with van der Waals surface area (Å²) in [4.78, 5) is -0.523. The van der Waals surface area contributed by atoms with Crippen molar-refractivity contribution in [3.8, 4) is 0 Å². The normalized spacial score (nSPS) is 11.9. The van der Waals surface area contributed by atoms with E-state index in [9.17, 15) is 21.2 Å². The molecular weight excluding hydrogens is 377 g/mol. The molecule has 134 valence electrons. The maximum Gasteiger partial charge on any atom is 0.277 e. The average Bonchev–Trinajstić information content (AvgIpc) is 2.65. The molecular formula is C18H14FNO4S2. The van der Waals surface area contributed by atoms with Crippen molar-refractivity contribution >= 4 is 25.7 Å². The van der Waals surface area contributed by atoms with Gasteiger partial charge in [-0.25, -0.2) is 21.2 Å². The van der Waals surface area contributed by atoms with Crippen LogP contribution in [0.4, 0.5) is 10.1 Å². The highest BCUT2D eigenvalue weighted by molar-refractivity contribution is 8.10. The lowest BCUT2D eigenvalue weighted by Crippen LogP contribution is -2.37. The van der Waals surface area contributed by atoms with Gasteiger partial charge in [-0.1, -0.05) is 48.5 Å². The monoisotopic (exact) mass is 391 g/mol.